The number of rotatable bonds is 3. The number of primary sulfonamides is 1. The summed E-state index contributed by atoms with van der Waals surface area (Å²) in [5, 5.41) is 5.01. The van der Waals surface area contributed by atoms with Gasteiger partial charge in [-0.15, -0.1) is 0 Å². The van der Waals surface area contributed by atoms with E-state index in [0.29, 0.717) is 13.1 Å². The lowest BCUT2D eigenvalue weighted by Crippen LogP contribution is -2.35. The summed E-state index contributed by atoms with van der Waals surface area (Å²) in [5.74, 6) is 0. The van der Waals surface area contributed by atoms with E-state index in [9.17, 15) is 16.8 Å². The normalized spacial score (nSPS) is 18.4. The topological polar surface area (TPSA) is 97.5 Å². The average Bonchev–Trinajstić information content (AvgIpc) is 2.39. The van der Waals surface area contributed by atoms with E-state index in [1.807, 2.05) is 0 Å². The molecule has 0 spiro atoms. The Bertz CT molecular complexity index is 662. The van der Waals surface area contributed by atoms with E-state index in [4.69, 9.17) is 5.14 Å². The van der Waals surface area contributed by atoms with Crippen LogP contribution < -0.4 is 5.14 Å². The summed E-state index contributed by atoms with van der Waals surface area (Å²) in [6.45, 7) is 0.948. The molecule has 1 aliphatic rings. The first-order valence-electron chi connectivity index (χ1n) is 5.95. The van der Waals surface area contributed by atoms with E-state index in [2.05, 4.69) is 0 Å². The van der Waals surface area contributed by atoms with Crippen LogP contribution in [0.3, 0.4) is 0 Å². The molecule has 1 aromatic rings. The second kappa shape index (κ2) is 5.20. The van der Waals surface area contributed by atoms with E-state index in [1.165, 1.54) is 22.5 Å². The third-order valence-electron chi connectivity index (χ3n) is 3.09. The lowest BCUT2D eigenvalue weighted by Gasteiger charge is -2.25. The fourth-order valence-corrected chi connectivity index (χ4v) is 4.26. The third-order valence-corrected chi connectivity index (χ3v) is 5.89. The predicted molar refractivity (Wildman–Crippen MR) is 70.4 cm³/mol. The van der Waals surface area contributed by atoms with Gasteiger partial charge in [0.15, 0.2) is 0 Å². The van der Waals surface area contributed by atoms with Crippen LogP contribution in [0.5, 0.6) is 0 Å². The van der Waals surface area contributed by atoms with Crippen molar-refractivity contribution < 1.29 is 16.8 Å². The van der Waals surface area contributed by atoms with Crippen molar-refractivity contribution in [3.05, 3.63) is 24.3 Å². The van der Waals surface area contributed by atoms with Gasteiger partial charge in [0.25, 0.3) is 0 Å². The molecule has 0 radical (unpaired) electrons. The van der Waals surface area contributed by atoms with Crippen molar-refractivity contribution in [2.24, 2.45) is 5.14 Å². The molecule has 19 heavy (non-hydrogen) atoms. The average molecular weight is 304 g/mol. The van der Waals surface area contributed by atoms with Gasteiger partial charge in [0.2, 0.25) is 20.0 Å². The minimum absolute atomic E-state index is 0.0269. The number of hydrogen-bond donors (Lipinski definition) is 1. The summed E-state index contributed by atoms with van der Waals surface area (Å²) in [6, 6.07) is 5.17. The monoisotopic (exact) mass is 304 g/mol. The van der Waals surface area contributed by atoms with Crippen molar-refractivity contribution in [1.82, 2.24) is 4.31 Å². The lowest BCUT2D eigenvalue weighted by atomic mass is 10.2. The van der Waals surface area contributed by atoms with Gasteiger partial charge in [0.1, 0.15) is 0 Å². The molecule has 1 heterocycles. The second-order valence-electron chi connectivity index (χ2n) is 4.48. The molecule has 8 heteroatoms. The molecule has 1 aromatic carbocycles. The highest BCUT2D eigenvalue weighted by Crippen LogP contribution is 2.22. The first-order chi connectivity index (χ1) is 8.82. The van der Waals surface area contributed by atoms with Crippen molar-refractivity contribution in [2.45, 2.75) is 29.1 Å². The first kappa shape index (κ1) is 14.4. The smallest absolute Gasteiger partial charge is 0.225 e. The van der Waals surface area contributed by atoms with Crippen molar-refractivity contribution >= 4 is 20.0 Å². The molecule has 0 atom stereocenters. The van der Waals surface area contributed by atoms with Gasteiger partial charge in [0, 0.05) is 13.1 Å². The second-order valence-corrected chi connectivity index (χ2v) is 7.98. The van der Waals surface area contributed by atoms with E-state index in [-0.39, 0.29) is 9.79 Å². The van der Waals surface area contributed by atoms with Crippen LogP contribution in [0.1, 0.15) is 19.3 Å². The van der Waals surface area contributed by atoms with Crippen molar-refractivity contribution in [2.75, 3.05) is 13.1 Å². The number of piperidine rings is 1. The molecule has 106 valence electrons. The van der Waals surface area contributed by atoms with Gasteiger partial charge < -0.3 is 0 Å². The number of sulfonamides is 2. The maximum absolute atomic E-state index is 12.4. The Morgan fingerprint density at radius 1 is 0.947 bits per heavy atom. The molecule has 0 amide bonds. The highest BCUT2D eigenvalue weighted by atomic mass is 32.2. The van der Waals surface area contributed by atoms with Gasteiger partial charge in [-0.05, 0) is 31.0 Å². The molecule has 6 nitrogen and oxygen atoms in total. The number of nitrogens with zero attached hydrogens (tertiary/aromatic N) is 1. The molecule has 1 aliphatic heterocycles. The zero-order valence-electron chi connectivity index (χ0n) is 10.3. The summed E-state index contributed by atoms with van der Waals surface area (Å²) in [7, 11) is -7.53. The Labute approximate surface area is 113 Å². The summed E-state index contributed by atoms with van der Waals surface area (Å²) < 4.78 is 48.6. The zero-order chi connectivity index (χ0) is 14.1. The Morgan fingerprint density at radius 2 is 1.53 bits per heavy atom. The first-order valence-corrected chi connectivity index (χ1v) is 8.93. The molecule has 0 aromatic heterocycles. The summed E-state index contributed by atoms with van der Waals surface area (Å²) in [5.41, 5.74) is 0. The fourth-order valence-electron chi connectivity index (χ4n) is 2.07. The van der Waals surface area contributed by atoms with Gasteiger partial charge >= 0.3 is 0 Å². The molecule has 2 rings (SSSR count). The van der Waals surface area contributed by atoms with Gasteiger partial charge in [-0.1, -0.05) is 12.5 Å². The molecule has 0 bridgehead atoms. The summed E-state index contributed by atoms with van der Waals surface area (Å²) >= 11 is 0. The third kappa shape index (κ3) is 3.14. The number of nitrogens with two attached hydrogens (primary N) is 1. The predicted octanol–water partition coefficient (Wildman–Crippen LogP) is 0.509. The SMILES string of the molecule is NS(=O)(=O)c1cccc(S(=O)(=O)N2CCCCC2)c1. The largest absolute Gasteiger partial charge is 0.243 e. The molecule has 0 saturated carbocycles. The Kier molecular flexibility index (Phi) is 3.95. The lowest BCUT2D eigenvalue weighted by molar-refractivity contribution is 0.346. The van der Waals surface area contributed by atoms with Crippen molar-refractivity contribution in [1.29, 1.82) is 0 Å². The number of benzene rings is 1. The van der Waals surface area contributed by atoms with Crippen LogP contribution >= 0.6 is 0 Å². The van der Waals surface area contributed by atoms with Crippen LogP contribution in [-0.2, 0) is 20.0 Å². The zero-order valence-corrected chi connectivity index (χ0v) is 12.0. The molecule has 0 aliphatic carbocycles. The molecule has 1 saturated heterocycles. The molecular formula is C11H16N2O4S2. The molecule has 0 unspecified atom stereocenters. The van der Waals surface area contributed by atoms with Crippen LogP contribution in [-0.4, -0.2) is 34.2 Å². The Hall–Kier alpha value is -0.960. The molecule has 2 N–H and O–H groups in total. The van der Waals surface area contributed by atoms with Crippen LogP contribution in [0, 0.1) is 0 Å². The van der Waals surface area contributed by atoms with Crippen LogP contribution in [0.25, 0.3) is 0 Å². The van der Waals surface area contributed by atoms with E-state index in [1.54, 1.807) is 0 Å². The van der Waals surface area contributed by atoms with E-state index < -0.39 is 20.0 Å². The van der Waals surface area contributed by atoms with Crippen LogP contribution in [0.2, 0.25) is 0 Å². The Balaban J connectivity index is 2.41. The fraction of sp³-hybridized carbons (Fsp3) is 0.455. The standard InChI is InChI=1S/C11H16N2O4S2/c12-18(14,15)10-5-4-6-11(9-10)19(16,17)13-7-2-1-3-8-13/h4-6,9H,1-3,7-8H2,(H2,12,14,15). The van der Waals surface area contributed by atoms with Gasteiger partial charge in [-0.3, -0.25) is 0 Å². The quantitative estimate of drug-likeness (QED) is 0.879. The summed E-state index contributed by atoms with van der Waals surface area (Å²) in [4.78, 5) is -0.216. The maximum Gasteiger partial charge on any atom is 0.243 e. The highest BCUT2D eigenvalue weighted by molar-refractivity contribution is 7.90. The minimum Gasteiger partial charge on any atom is -0.225 e. The molecular weight excluding hydrogens is 288 g/mol. The molecule has 1 fully saturated rings. The van der Waals surface area contributed by atoms with E-state index >= 15 is 0 Å². The Morgan fingerprint density at radius 3 is 2.11 bits per heavy atom. The van der Waals surface area contributed by atoms with Crippen LogP contribution in [0.15, 0.2) is 34.1 Å². The van der Waals surface area contributed by atoms with Gasteiger partial charge in [0.05, 0.1) is 9.79 Å². The van der Waals surface area contributed by atoms with Crippen LogP contribution in [0.4, 0.5) is 0 Å². The van der Waals surface area contributed by atoms with Crippen molar-refractivity contribution in [3.8, 4) is 0 Å². The van der Waals surface area contributed by atoms with E-state index in [0.717, 1.165) is 25.3 Å². The maximum atomic E-state index is 12.4. The number of hydrogen-bond acceptors (Lipinski definition) is 4. The minimum atomic E-state index is -3.90. The highest BCUT2D eigenvalue weighted by Gasteiger charge is 2.26. The van der Waals surface area contributed by atoms with Gasteiger partial charge in [-0.2, -0.15) is 4.31 Å². The summed E-state index contributed by atoms with van der Waals surface area (Å²) in [6.07, 6.45) is 2.67. The van der Waals surface area contributed by atoms with Crippen molar-refractivity contribution in [3.63, 3.8) is 0 Å². The van der Waals surface area contributed by atoms with Gasteiger partial charge in [-0.25, -0.2) is 22.0 Å².